The molecule has 0 saturated carbocycles. The number of carbonyl (C=O) groups is 1. The van der Waals surface area contributed by atoms with Gasteiger partial charge in [0.15, 0.2) is 9.84 Å². The van der Waals surface area contributed by atoms with Crippen LogP contribution >= 0.6 is 12.4 Å². The van der Waals surface area contributed by atoms with Gasteiger partial charge in [-0.05, 0) is 51.6 Å². The van der Waals surface area contributed by atoms with Crippen LogP contribution in [0.15, 0.2) is 0 Å². The van der Waals surface area contributed by atoms with Gasteiger partial charge < -0.3 is 10.2 Å². The van der Waals surface area contributed by atoms with E-state index in [1.165, 1.54) is 13.8 Å². The SMILES string of the molecule is CC(C)(C(=O)N1CCC2(CCNCC2)C1)S(C)(=O)=O.Cl. The summed E-state index contributed by atoms with van der Waals surface area (Å²) in [5.74, 6) is -0.245. The van der Waals surface area contributed by atoms with E-state index in [4.69, 9.17) is 0 Å². The fraction of sp³-hybridized carbons (Fsp3) is 0.923. The Labute approximate surface area is 127 Å². The summed E-state index contributed by atoms with van der Waals surface area (Å²) in [5.41, 5.74) is 0.217. The summed E-state index contributed by atoms with van der Waals surface area (Å²) in [7, 11) is -3.38. The van der Waals surface area contributed by atoms with Crippen LogP contribution in [0.25, 0.3) is 0 Å². The molecule has 2 aliphatic heterocycles. The first kappa shape index (κ1) is 17.7. The van der Waals surface area contributed by atoms with Gasteiger partial charge in [0, 0.05) is 19.3 Å². The topological polar surface area (TPSA) is 66.5 Å². The van der Waals surface area contributed by atoms with Crippen LogP contribution in [-0.2, 0) is 14.6 Å². The molecule has 20 heavy (non-hydrogen) atoms. The molecule has 0 unspecified atom stereocenters. The Morgan fingerprint density at radius 1 is 1.20 bits per heavy atom. The van der Waals surface area contributed by atoms with Gasteiger partial charge in [0.1, 0.15) is 4.75 Å². The fourth-order valence-corrected chi connectivity index (χ4v) is 3.46. The van der Waals surface area contributed by atoms with E-state index < -0.39 is 14.6 Å². The normalized spacial score (nSPS) is 22.6. The number of carbonyl (C=O) groups excluding carboxylic acids is 1. The molecule has 2 fully saturated rings. The molecule has 5 nitrogen and oxygen atoms in total. The fourth-order valence-electron chi connectivity index (χ4n) is 3.01. The van der Waals surface area contributed by atoms with Crippen molar-refractivity contribution in [2.75, 3.05) is 32.4 Å². The molecule has 0 aliphatic carbocycles. The maximum Gasteiger partial charge on any atom is 0.243 e. The minimum absolute atomic E-state index is 0. The molecule has 2 rings (SSSR count). The maximum absolute atomic E-state index is 12.5. The van der Waals surface area contributed by atoms with Crippen molar-refractivity contribution in [1.82, 2.24) is 10.2 Å². The highest BCUT2D eigenvalue weighted by Gasteiger charge is 2.47. The minimum atomic E-state index is -3.38. The molecule has 1 amide bonds. The highest BCUT2D eigenvalue weighted by Crippen LogP contribution is 2.39. The van der Waals surface area contributed by atoms with Gasteiger partial charge in [0.2, 0.25) is 5.91 Å². The Morgan fingerprint density at radius 3 is 2.25 bits per heavy atom. The van der Waals surface area contributed by atoms with Crippen molar-refractivity contribution in [3.8, 4) is 0 Å². The number of amides is 1. The predicted molar refractivity (Wildman–Crippen MR) is 81.9 cm³/mol. The zero-order valence-electron chi connectivity index (χ0n) is 12.4. The van der Waals surface area contributed by atoms with Gasteiger partial charge in [-0.15, -0.1) is 12.4 Å². The van der Waals surface area contributed by atoms with Crippen LogP contribution in [0.4, 0.5) is 0 Å². The van der Waals surface area contributed by atoms with Gasteiger partial charge >= 0.3 is 0 Å². The summed E-state index contributed by atoms with van der Waals surface area (Å²) >= 11 is 0. The number of nitrogens with one attached hydrogen (secondary N) is 1. The van der Waals surface area contributed by atoms with Gasteiger partial charge in [-0.1, -0.05) is 0 Å². The third kappa shape index (κ3) is 3.12. The molecule has 118 valence electrons. The lowest BCUT2D eigenvalue weighted by molar-refractivity contribution is -0.132. The summed E-state index contributed by atoms with van der Waals surface area (Å²) in [6.45, 7) is 6.43. The largest absolute Gasteiger partial charge is 0.341 e. The van der Waals surface area contributed by atoms with Gasteiger partial charge in [0.05, 0.1) is 0 Å². The number of nitrogens with zero attached hydrogens (tertiary/aromatic N) is 1. The van der Waals surface area contributed by atoms with Crippen molar-refractivity contribution in [2.45, 2.75) is 37.9 Å². The quantitative estimate of drug-likeness (QED) is 0.817. The number of hydrogen-bond donors (Lipinski definition) is 1. The Kier molecular flexibility index (Phi) is 5.15. The first-order valence-corrected chi connectivity index (χ1v) is 8.77. The lowest BCUT2D eigenvalue weighted by Gasteiger charge is -2.34. The van der Waals surface area contributed by atoms with Crippen molar-refractivity contribution in [3.63, 3.8) is 0 Å². The number of hydrogen-bond acceptors (Lipinski definition) is 4. The lowest BCUT2D eigenvalue weighted by Crippen LogP contribution is -2.50. The Bertz CT molecular complexity index is 470. The first-order chi connectivity index (χ1) is 8.68. The Balaban J connectivity index is 0.00000200. The van der Waals surface area contributed by atoms with Crippen molar-refractivity contribution < 1.29 is 13.2 Å². The number of likely N-dealkylation sites (tertiary alicyclic amines) is 1. The van der Waals surface area contributed by atoms with E-state index in [0.29, 0.717) is 13.1 Å². The zero-order valence-corrected chi connectivity index (χ0v) is 14.1. The van der Waals surface area contributed by atoms with Crippen molar-refractivity contribution in [1.29, 1.82) is 0 Å². The summed E-state index contributed by atoms with van der Waals surface area (Å²) in [6, 6.07) is 0. The number of rotatable bonds is 2. The predicted octanol–water partition coefficient (Wildman–Crippen LogP) is 0.833. The second-order valence-corrected chi connectivity index (χ2v) is 9.07. The van der Waals surface area contributed by atoms with Crippen LogP contribution in [0.1, 0.15) is 33.1 Å². The van der Waals surface area contributed by atoms with Crippen molar-refractivity contribution in [3.05, 3.63) is 0 Å². The molecule has 2 saturated heterocycles. The third-order valence-corrected chi connectivity index (χ3v) is 6.86. The van der Waals surface area contributed by atoms with Crippen LogP contribution in [0.2, 0.25) is 0 Å². The molecule has 1 spiro atoms. The van der Waals surface area contributed by atoms with Crippen LogP contribution in [0, 0.1) is 5.41 Å². The van der Waals surface area contributed by atoms with E-state index in [-0.39, 0.29) is 23.7 Å². The van der Waals surface area contributed by atoms with E-state index in [9.17, 15) is 13.2 Å². The maximum atomic E-state index is 12.5. The number of halogens is 1. The van der Waals surface area contributed by atoms with Crippen LogP contribution in [0.3, 0.4) is 0 Å². The van der Waals surface area contributed by atoms with Crippen LogP contribution in [-0.4, -0.2) is 56.4 Å². The molecular weight excluding hydrogens is 300 g/mol. The second kappa shape index (κ2) is 5.81. The van der Waals surface area contributed by atoms with E-state index in [1.807, 2.05) is 0 Å². The summed E-state index contributed by atoms with van der Waals surface area (Å²) in [6.07, 6.45) is 4.30. The lowest BCUT2D eigenvalue weighted by atomic mass is 9.78. The Morgan fingerprint density at radius 2 is 1.75 bits per heavy atom. The molecule has 2 heterocycles. The van der Waals surface area contributed by atoms with Crippen LogP contribution in [0.5, 0.6) is 0 Å². The molecule has 0 aromatic carbocycles. The highest BCUT2D eigenvalue weighted by atomic mass is 35.5. The molecule has 0 radical (unpaired) electrons. The highest BCUT2D eigenvalue weighted by molar-refractivity contribution is 7.92. The van der Waals surface area contributed by atoms with E-state index in [2.05, 4.69) is 5.32 Å². The van der Waals surface area contributed by atoms with Gasteiger partial charge in [0.25, 0.3) is 0 Å². The van der Waals surface area contributed by atoms with Crippen LogP contribution < -0.4 is 5.32 Å². The number of piperidine rings is 1. The van der Waals surface area contributed by atoms with Gasteiger partial charge in [-0.2, -0.15) is 0 Å². The second-order valence-electron chi connectivity index (χ2n) is 6.51. The van der Waals surface area contributed by atoms with Crippen molar-refractivity contribution >= 4 is 28.2 Å². The average molecular weight is 325 g/mol. The molecule has 0 aromatic heterocycles. The summed E-state index contributed by atoms with van der Waals surface area (Å²) in [4.78, 5) is 14.2. The monoisotopic (exact) mass is 324 g/mol. The first-order valence-electron chi connectivity index (χ1n) is 6.88. The van der Waals surface area contributed by atoms with E-state index in [1.54, 1.807) is 4.90 Å². The van der Waals surface area contributed by atoms with E-state index >= 15 is 0 Å². The molecule has 0 bridgehead atoms. The van der Waals surface area contributed by atoms with E-state index in [0.717, 1.165) is 38.6 Å². The molecule has 0 atom stereocenters. The molecule has 7 heteroatoms. The molecule has 1 N–H and O–H groups in total. The summed E-state index contributed by atoms with van der Waals surface area (Å²) in [5, 5.41) is 3.34. The van der Waals surface area contributed by atoms with Gasteiger partial charge in [-0.3, -0.25) is 4.79 Å². The van der Waals surface area contributed by atoms with Gasteiger partial charge in [-0.25, -0.2) is 8.42 Å². The molecular formula is C13H25ClN2O3S. The third-order valence-electron chi connectivity index (χ3n) is 4.83. The Hall–Kier alpha value is -0.330. The number of sulfone groups is 1. The molecule has 2 aliphatic rings. The average Bonchev–Trinajstić information content (AvgIpc) is 2.71. The standard InChI is InChI=1S/C13H24N2O3S.ClH/c1-12(2,19(3,17)18)11(16)15-9-6-13(10-15)4-7-14-8-5-13;/h14H,4-10H2,1-3H3;1H. The van der Waals surface area contributed by atoms with Crippen molar-refractivity contribution in [2.24, 2.45) is 5.41 Å². The molecule has 0 aromatic rings. The minimum Gasteiger partial charge on any atom is -0.341 e. The summed E-state index contributed by atoms with van der Waals surface area (Å²) < 4.78 is 22.2. The smallest absolute Gasteiger partial charge is 0.243 e. The zero-order chi connectivity index (χ0) is 14.3.